The van der Waals surface area contributed by atoms with E-state index in [2.05, 4.69) is 16.9 Å². The highest BCUT2D eigenvalue weighted by atomic mass is 19.1. The molecule has 0 fully saturated rings. The zero-order valence-electron chi connectivity index (χ0n) is 8.31. The van der Waals surface area contributed by atoms with Crippen LogP contribution in [0.4, 0.5) is 4.39 Å². The van der Waals surface area contributed by atoms with Gasteiger partial charge in [-0.15, -0.1) is 5.10 Å². The van der Waals surface area contributed by atoms with Crippen molar-refractivity contribution in [2.75, 3.05) is 0 Å². The molecule has 0 N–H and O–H groups in total. The molecule has 0 spiro atoms. The monoisotopic (exact) mass is 203 g/mol. The van der Waals surface area contributed by atoms with Gasteiger partial charge < -0.3 is 0 Å². The fraction of sp³-hybridized carbons (Fsp3) is 0.0909. The summed E-state index contributed by atoms with van der Waals surface area (Å²) >= 11 is 0. The lowest BCUT2D eigenvalue weighted by atomic mass is 10.1. The number of hydrogen-bond acceptors (Lipinski definition) is 2. The van der Waals surface area contributed by atoms with Crippen molar-refractivity contribution >= 4 is 6.08 Å². The van der Waals surface area contributed by atoms with Gasteiger partial charge in [-0.25, -0.2) is 9.07 Å². The van der Waals surface area contributed by atoms with Crippen molar-refractivity contribution in [1.82, 2.24) is 15.0 Å². The lowest BCUT2D eigenvalue weighted by Crippen LogP contribution is -1.94. The van der Waals surface area contributed by atoms with Crippen molar-refractivity contribution in [3.05, 3.63) is 42.4 Å². The Hall–Kier alpha value is -1.97. The van der Waals surface area contributed by atoms with Crippen molar-refractivity contribution in [3.63, 3.8) is 0 Å². The molecule has 15 heavy (non-hydrogen) atoms. The normalized spacial score (nSPS) is 10.3. The molecule has 1 aromatic carbocycles. The molecule has 1 aromatic heterocycles. The van der Waals surface area contributed by atoms with Crippen LogP contribution in [-0.2, 0) is 7.05 Å². The van der Waals surface area contributed by atoms with Crippen molar-refractivity contribution in [2.45, 2.75) is 0 Å². The summed E-state index contributed by atoms with van der Waals surface area (Å²) in [6.07, 6.45) is 3.21. The number of halogens is 1. The van der Waals surface area contributed by atoms with Crippen LogP contribution in [-0.4, -0.2) is 15.0 Å². The number of benzene rings is 1. The Balaban J connectivity index is 2.58. The number of aromatic nitrogens is 3. The standard InChI is InChI=1S/C11H10FN3/c1-3-8-4-9(6-10(12)5-8)11-7-13-14-15(11)2/h3-7H,1H2,2H3. The van der Waals surface area contributed by atoms with Gasteiger partial charge in [0.2, 0.25) is 0 Å². The third kappa shape index (κ3) is 1.79. The first-order valence-electron chi connectivity index (χ1n) is 4.49. The Bertz CT molecular complexity index is 502. The quantitative estimate of drug-likeness (QED) is 0.749. The van der Waals surface area contributed by atoms with Gasteiger partial charge in [-0.2, -0.15) is 0 Å². The number of rotatable bonds is 2. The summed E-state index contributed by atoms with van der Waals surface area (Å²) in [5, 5.41) is 7.54. The molecule has 0 bridgehead atoms. The Morgan fingerprint density at radius 2 is 2.20 bits per heavy atom. The zero-order chi connectivity index (χ0) is 10.8. The Morgan fingerprint density at radius 3 is 2.80 bits per heavy atom. The molecule has 0 radical (unpaired) electrons. The molecule has 1 heterocycles. The Kier molecular flexibility index (Phi) is 2.33. The summed E-state index contributed by atoms with van der Waals surface area (Å²) in [6.45, 7) is 3.61. The Morgan fingerprint density at radius 1 is 1.40 bits per heavy atom. The van der Waals surface area contributed by atoms with Gasteiger partial charge in [-0.05, 0) is 23.8 Å². The van der Waals surface area contributed by atoms with E-state index in [0.29, 0.717) is 0 Å². The molecule has 0 atom stereocenters. The minimum Gasteiger partial charge on any atom is -0.248 e. The van der Waals surface area contributed by atoms with E-state index >= 15 is 0 Å². The molecule has 0 amide bonds. The molecule has 0 aliphatic carbocycles. The van der Waals surface area contributed by atoms with E-state index in [1.165, 1.54) is 12.1 Å². The highest BCUT2D eigenvalue weighted by Gasteiger charge is 2.05. The van der Waals surface area contributed by atoms with Crippen molar-refractivity contribution in [2.24, 2.45) is 7.05 Å². The van der Waals surface area contributed by atoms with Gasteiger partial charge in [0, 0.05) is 12.6 Å². The van der Waals surface area contributed by atoms with E-state index in [9.17, 15) is 4.39 Å². The van der Waals surface area contributed by atoms with E-state index in [1.807, 2.05) is 6.07 Å². The number of aryl methyl sites for hydroxylation is 1. The van der Waals surface area contributed by atoms with Crippen molar-refractivity contribution in [3.8, 4) is 11.3 Å². The largest absolute Gasteiger partial charge is 0.248 e. The maximum atomic E-state index is 13.2. The van der Waals surface area contributed by atoms with Crippen molar-refractivity contribution in [1.29, 1.82) is 0 Å². The molecule has 0 aliphatic heterocycles. The van der Waals surface area contributed by atoms with Crippen LogP contribution < -0.4 is 0 Å². The second-order valence-corrected chi connectivity index (χ2v) is 3.22. The van der Waals surface area contributed by atoms with Gasteiger partial charge in [0.15, 0.2) is 0 Å². The lowest BCUT2D eigenvalue weighted by Gasteiger charge is -2.02. The van der Waals surface area contributed by atoms with Gasteiger partial charge in [0.1, 0.15) is 5.82 Å². The van der Waals surface area contributed by atoms with E-state index < -0.39 is 0 Å². The molecular weight excluding hydrogens is 193 g/mol. The van der Waals surface area contributed by atoms with Crippen LogP contribution in [0.25, 0.3) is 17.3 Å². The van der Waals surface area contributed by atoms with E-state index in [4.69, 9.17) is 0 Å². The molecular formula is C11H10FN3. The summed E-state index contributed by atoms with van der Waals surface area (Å²) in [7, 11) is 1.76. The van der Waals surface area contributed by atoms with Gasteiger partial charge in [0.25, 0.3) is 0 Å². The molecule has 76 valence electrons. The van der Waals surface area contributed by atoms with Crippen LogP contribution in [0.5, 0.6) is 0 Å². The van der Waals surface area contributed by atoms with Crippen LogP contribution in [0.1, 0.15) is 5.56 Å². The van der Waals surface area contributed by atoms with Gasteiger partial charge >= 0.3 is 0 Å². The summed E-state index contributed by atoms with van der Waals surface area (Å²) in [5.74, 6) is -0.288. The van der Waals surface area contributed by atoms with E-state index in [-0.39, 0.29) is 5.82 Å². The average Bonchev–Trinajstić information content (AvgIpc) is 2.63. The van der Waals surface area contributed by atoms with Crippen LogP contribution >= 0.6 is 0 Å². The lowest BCUT2D eigenvalue weighted by molar-refractivity contribution is 0.627. The molecule has 0 aliphatic rings. The predicted octanol–water partition coefficient (Wildman–Crippen LogP) is 2.26. The summed E-state index contributed by atoms with van der Waals surface area (Å²) < 4.78 is 14.8. The first-order chi connectivity index (χ1) is 7.20. The molecule has 3 nitrogen and oxygen atoms in total. The minimum atomic E-state index is -0.288. The van der Waals surface area contributed by atoms with Gasteiger partial charge in [0.05, 0.1) is 11.9 Å². The van der Waals surface area contributed by atoms with Crippen LogP contribution in [0.2, 0.25) is 0 Å². The maximum absolute atomic E-state index is 13.2. The first-order valence-corrected chi connectivity index (χ1v) is 4.49. The maximum Gasteiger partial charge on any atom is 0.124 e. The SMILES string of the molecule is C=Cc1cc(F)cc(-c2cnnn2C)c1. The predicted molar refractivity (Wildman–Crippen MR) is 56.5 cm³/mol. The average molecular weight is 203 g/mol. The zero-order valence-corrected chi connectivity index (χ0v) is 8.31. The molecule has 0 unspecified atom stereocenters. The molecule has 2 aromatic rings. The molecule has 2 rings (SSSR count). The van der Waals surface area contributed by atoms with Crippen LogP contribution in [0, 0.1) is 5.82 Å². The minimum absolute atomic E-state index is 0.288. The third-order valence-electron chi connectivity index (χ3n) is 2.17. The van der Waals surface area contributed by atoms with Crippen molar-refractivity contribution < 1.29 is 4.39 Å². The summed E-state index contributed by atoms with van der Waals surface area (Å²) in [6, 6.07) is 4.72. The van der Waals surface area contributed by atoms with Crippen LogP contribution in [0.3, 0.4) is 0 Å². The van der Waals surface area contributed by atoms with Gasteiger partial charge in [-0.1, -0.05) is 17.9 Å². The smallest absolute Gasteiger partial charge is 0.124 e. The second-order valence-electron chi connectivity index (χ2n) is 3.22. The molecule has 4 heteroatoms. The topological polar surface area (TPSA) is 30.7 Å². The fourth-order valence-corrected chi connectivity index (χ4v) is 1.43. The van der Waals surface area contributed by atoms with E-state index in [1.54, 1.807) is 24.0 Å². The molecule has 0 saturated carbocycles. The highest BCUT2D eigenvalue weighted by molar-refractivity contribution is 5.63. The fourth-order valence-electron chi connectivity index (χ4n) is 1.43. The highest BCUT2D eigenvalue weighted by Crippen LogP contribution is 2.20. The van der Waals surface area contributed by atoms with Crippen LogP contribution in [0.15, 0.2) is 31.0 Å². The van der Waals surface area contributed by atoms with Gasteiger partial charge in [-0.3, -0.25) is 0 Å². The second kappa shape index (κ2) is 3.65. The molecule has 0 saturated heterocycles. The Labute approximate surface area is 86.9 Å². The number of nitrogens with zero attached hydrogens (tertiary/aromatic N) is 3. The van der Waals surface area contributed by atoms with E-state index in [0.717, 1.165) is 16.8 Å². The summed E-state index contributed by atoms with van der Waals surface area (Å²) in [4.78, 5) is 0. The summed E-state index contributed by atoms with van der Waals surface area (Å²) in [5.41, 5.74) is 2.27. The first kappa shape index (κ1) is 9.58. The third-order valence-corrected chi connectivity index (χ3v) is 2.17. The number of hydrogen-bond donors (Lipinski definition) is 0.